The molecule has 0 saturated heterocycles. The van der Waals surface area contributed by atoms with Crippen molar-refractivity contribution in [3.05, 3.63) is 29.8 Å². The summed E-state index contributed by atoms with van der Waals surface area (Å²) in [4.78, 5) is 1.86. The summed E-state index contributed by atoms with van der Waals surface area (Å²) in [5, 5.41) is 27.4. The highest BCUT2D eigenvalue weighted by Crippen LogP contribution is 2.22. The summed E-state index contributed by atoms with van der Waals surface area (Å²) in [5.74, 6) is 0.151. The molecule has 0 aliphatic heterocycles. The number of aliphatic hydroxyl groups excluding tert-OH is 1. The highest BCUT2D eigenvalue weighted by molar-refractivity contribution is 5.32. The van der Waals surface area contributed by atoms with E-state index in [0.717, 1.165) is 5.56 Å². The summed E-state index contributed by atoms with van der Waals surface area (Å²) in [6.07, 6.45) is 0. The molecule has 1 atom stereocenters. The summed E-state index contributed by atoms with van der Waals surface area (Å²) >= 11 is 0. The van der Waals surface area contributed by atoms with Crippen molar-refractivity contribution in [1.82, 2.24) is 4.90 Å². The lowest BCUT2D eigenvalue weighted by molar-refractivity contribution is 0.180. The first-order chi connectivity index (χ1) is 7.72. The van der Waals surface area contributed by atoms with Gasteiger partial charge in [0.15, 0.2) is 0 Å². The average Bonchev–Trinajstić information content (AvgIpc) is 2.29. The largest absolute Gasteiger partial charge is 0.508 e. The van der Waals surface area contributed by atoms with Gasteiger partial charge in [0.1, 0.15) is 11.8 Å². The van der Waals surface area contributed by atoms with E-state index in [-0.39, 0.29) is 12.4 Å². The van der Waals surface area contributed by atoms with Crippen LogP contribution in [0.3, 0.4) is 0 Å². The number of aliphatic hydroxyl groups is 1. The maximum absolute atomic E-state index is 9.36. The normalized spacial score (nSPS) is 12.4. The molecule has 1 rings (SSSR count). The number of benzene rings is 1. The van der Waals surface area contributed by atoms with Gasteiger partial charge >= 0.3 is 0 Å². The van der Waals surface area contributed by atoms with Crippen molar-refractivity contribution in [3.63, 3.8) is 0 Å². The second-order valence-corrected chi connectivity index (χ2v) is 3.48. The van der Waals surface area contributed by atoms with E-state index >= 15 is 0 Å². The number of aromatic hydroxyl groups is 1. The summed E-state index contributed by atoms with van der Waals surface area (Å²) < 4.78 is 0. The molecular formula is C12H16N2O2. The number of nitrogens with zero attached hydrogens (tertiary/aromatic N) is 2. The summed E-state index contributed by atoms with van der Waals surface area (Å²) in [7, 11) is 0. The molecule has 0 bridgehead atoms. The average molecular weight is 220 g/mol. The van der Waals surface area contributed by atoms with Crippen molar-refractivity contribution in [2.75, 3.05) is 19.7 Å². The third kappa shape index (κ3) is 2.96. The van der Waals surface area contributed by atoms with Crippen molar-refractivity contribution in [2.45, 2.75) is 13.0 Å². The van der Waals surface area contributed by atoms with Crippen molar-refractivity contribution >= 4 is 0 Å². The highest BCUT2D eigenvalue weighted by Gasteiger charge is 2.18. The van der Waals surface area contributed by atoms with Crippen LogP contribution >= 0.6 is 0 Å². The van der Waals surface area contributed by atoms with Gasteiger partial charge in [-0.2, -0.15) is 5.26 Å². The number of rotatable bonds is 5. The number of hydrogen-bond acceptors (Lipinski definition) is 4. The Hall–Kier alpha value is -1.57. The Bertz CT molecular complexity index is 374. The topological polar surface area (TPSA) is 67.5 Å². The molecule has 0 spiro atoms. The number of likely N-dealkylation sites (N-methyl/N-ethyl adjacent to an activating group) is 1. The maximum atomic E-state index is 9.36. The maximum Gasteiger partial charge on any atom is 0.124 e. The molecule has 4 nitrogen and oxygen atoms in total. The van der Waals surface area contributed by atoms with Gasteiger partial charge in [-0.05, 0) is 24.2 Å². The van der Waals surface area contributed by atoms with E-state index in [4.69, 9.17) is 10.4 Å². The van der Waals surface area contributed by atoms with E-state index in [0.29, 0.717) is 13.1 Å². The van der Waals surface area contributed by atoms with Crippen LogP contribution in [-0.4, -0.2) is 34.8 Å². The summed E-state index contributed by atoms with van der Waals surface area (Å²) in [6.45, 7) is 3.08. The molecule has 0 aliphatic rings. The predicted molar refractivity (Wildman–Crippen MR) is 60.8 cm³/mol. The molecule has 16 heavy (non-hydrogen) atoms. The molecule has 0 radical (unpaired) electrons. The quantitative estimate of drug-likeness (QED) is 0.784. The number of nitriles is 1. The van der Waals surface area contributed by atoms with Crippen LogP contribution in [0.4, 0.5) is 0 Å². The first-order valence-electron chi connectivity index (χ1n) is 5.26. The first-order valence-corrected chi connectivity index (χ1v) is 5.26. The van der Waals surface area contributed by atoms with E-state index in [1.165, 1.54) is 0 Å². The Labute approximate surface area is 95.4 Å². The van der Waals surface area contributed by atoms with Gasteiger partial charge in [-0.25, -0.2) is 0 Å². The molecule has 0 heterocycles. The highest BCUT2D eigenvalue weighted by atomic mass is 16.3. The van der Waals surface area contributed by atoms with E-state index in [1.54, 1.807) is 24.3 Å². The molecular weight excluding hydrogens is 204 g/mol. The Morgan fingerprint density at radius 2 is 2.25 bits per heavy atom. The van der Waals surface area contributed by atoms with Crippen LogP contribution in [-0.2, 0) is 0 Å². The SMILES string of the molecule is CCN(CCO)C(C#N)c1cccc(O)c1. The predicted octanol–water partition coefficient (Wildman–Crippen LogP) is 1.27. The lowest BCUT2D eigenvalue weighted by atomic mass is 10.1. The summed E-state index contributed by atoms with van der Waals surface area (Å²) in [5.41, 5.74) is 0.748. The molecule has 0 saturated carbocycles. The van der Waals surface area contributed by atoms with Gasteiger partial charge in [-0.1, -0.05) is 19.1 Å². The molecule has 2 N–H and O–H groups in total. The Balaban J connectivity index is 2.93. The van der Waals surface area contributed by atoms with E-state index < -0.39 is 6.04 Å². The van der Waals surface area contributed by atoms with Gasteiger partial charge in [0, 0.05) is 6.54 Å². The molecule has 4 heteroatoms. The van der Waals surface area contributed by atoms with Crippen LogP contribution < -0.4 is 0 Å². The molecule has 0 fully saturated rings. The Kier molecular flexibility index (Phi) is 4.77. The molecule has 0 aliphatic carbocycles. The second kappa shape index (κ2) is 6.11. The van der Waals surface area contributed by atoms with Gasteiger partial charge in [0.25, 0.3) is 0 Å². The molecule has 0 aromatic heterocycles. The van der Waals surface area contributed by atoms with Crippen molar-refractivity contribution < 1.29 is 10.2 Å². The monoisotopic (exact) mass is 220 g/mol. The minimum Gasteiger partial charge on any atom is -0.508 e. The fraction of sp³-hybridized carbons (Fsp3) is 0.417. The number of hydrogen-bond donors (Lipinski definition) is 2. The minimum absolute atomic E-state index is 0.0187. The molecule has 1 aromatic rings. The van der Waals surface area contributed by atoms with E-state index in [9.17, 15) is 5.11 Å². The van der Waals surface area contributed by atoms with Crippen LogP contribution in [0.2, 0.25) is 0 Å². The van der Waals surface area contributed by atoms with Crippen LogP contribution in [0.1, 0.15) is 18.5 Å². The summed E-state index contributed by atoms with van der Waals surface area (Å²) in [6, 6.07) is 8.41. The van der Waals surface area contributed by atoms with Crippen LogP contribution in [0, 0.1) is 11.3 Å². The zero-order valence-corrected chi connectivity index (χ0v) is 9.30. The van der Waals surface area contributed by atoms with Gasteiger partial charge in [0.05, 0.1) is 12.7 Å². The molecule has 1 aromatic carbocycles. The molecule has 1 unspecified atom stereocenters. The first kappa shape index (κ1) is 12.5. The number of phenolic OH excluding ortho intramolecular Hbond substituents is 1. The van der Waals surface area contributed by atoms with Crippen LogP contribution in [0.15, 0.2) is 24.3 Å². The fourth-order valence-corrected chi connectivity index (χ4v) is 1.66. The van der Waals surface area contributed by atoms with Crippen molar-refractivity contribution in [2.24, 2.45) is 0 Å². The zero-order valence-electron chi connectivity index (χ0n) is 9.30. The molecule has 0 amide bonds. The van der Waals surface area contributed by atoms with E-state index in [1.807, 2.05) is 11.8 Å². The third-order valence-electron chi connectivity index (χ3n) is 2.47. The van der Waals surface area contributed by atoms with Gasteiger partial charge < -0.3 is 10.2 Å². The van der Waals surface area contributed by atoms with Gasteiger partial charge in [-0.3, -0.25) is 4.90 Å². The third-order valence-corrected chi connectivity index (χ3v) is 2.47. The standard InChI is InChI=1S/C12H16N2O2/c1-2-14(6-7-15)12(9-13)10-4-3-5-11(16)8-10/h3-5,8,12,15-16H,2,6-7H2,1H3. The van der Waals surface area contributed by atoms with Crippen LogP contribution in [0.25, 0.3) is 0 Å². The van der Waals surface area contributed by atoms with Crippen molar-refractivity contribution in [1.29, 1.82) is 5.26 Å². The Morgan fingerprint density at radius 1 is 1.50 bits per heavy atom. The fourth-order valence-electron chi connectivity index (χ4n) is 1.66. The van der Waals surface area contributed by atoms with Crippen molar-refractivity contribution in [3.8, 4) is 11.8 Å². The minimum atomic E-state index is -0.427. The smallest absolute Gasteiger partial charge is 0.124 e. The zero-order chi connectivity index (χ0) is 12.0. The van der Waals surface area contributed by atoms with Gasteiger partial charge in [0.2, 0.25) is 0 Å². The Morgan fingerprint density at radius 3 is 2.75 bits per heavy atom. The lowest BCUT2D eigenvalue weighted by Crippen LogP contribution is -2.30. The van der Waals surface area contributed by atoms with E-state index in [2.05, 4.69) is 6.07 Å². The number of phenols is 1. The second-order valence-electron chi connectivity index (χ2n) is 3.48. The van der Waals surface area contributed by atoms with Crippen LogP contribution in [0.5, 0.6) is 5.75 Å². The van der Waals surface area contributed by atoms with Gasteiger partial charge in [-0.15, -0.1) is 0 Å². The molecule has 86 valence electrons. The lowest BCUT2D eigenvalue weighted by Gasteiger charge is -2.25.